The van der Waals surface area contributed by atoms with Crippen LogP contribution in [0.25, 0.3) is 0 Å². The fraction of sp³-hybridized carbons (Fsp3) is 0.364. The number of rotatable bonds is 10. The lowest BCUT2D eigenvalue weighted by Crippen LogP contribution is -2.26. The summed E-state index contributed by atoms with van der Waals surface area (Å²) in [4.78, 5) is 24.5. The van der Waals surface area contributed by atoms with Crippen LogP contribution in [-0.4, -0.2) is 38.6 Å². The number of anilines is 2. The number of carbonyl (C=O) groups excluding carboxylic acids is 2. The standard InChI is InChI=1S/C22H29N3O3/c1-4-17-9-5-8-16(2)21(17)24-15-20(26)25-19-11-6-10-18(14-19)22(27)23-12-7-13-28-3/h5-6,8-11,14,24H,4,7,12-13,15H2,1-3H3,(H,23,27)(H,25,26). The Morgan fingerprint density at radius 1 is 1.11 bits per heavy atom. The van der Waals surface area contributed by atoms with Crippen LogP contribution in [0.15, 0.2) is 42.5 Å². The van der Waals surface area contributed by atoms with Crippen LogP contribution < -0.4 is 16.0 Å². The fourth-order valence-corrected chi connectivity index (χ4v) is 2.91. The van der Waals surface area contributed by atoms with Gasteiger partial charge in [-0.1, -0.05) is 31.2 Å². The molecule has 3 N–H and O–H groups in total. The molecule has 2 amide bonds. The summed E-state index contributed by atoms with van der Waals surface area (Å²) < 4.78 is 4.96. The predicted octanol–water partition coefficient (Wildman–Crippen LogP) is 3.37. The number of methoxy groups -OCH3 is 1. The van der Waals surface area contributed by atoms with Crippen molar-refractivity contribution in [3.63, 3.8) is 0 Å². The van der Waals surface area contributed by atoms with Crippen LogP contribution in [0.2, 0.25) is 0 Å². The number of nitrogens with one attached hydrogen (secondary N) is 3. The second-order valence-corrected chi connectivity index (χ2v) is 6.55. The molecule has 0 fully saturated rings. The van der Waals surface area contributed by atoms with Crippen molar-refractivity contribution in [2.75, 3.05) is 37.4 Å². The summed E-state index contributed by atoms with van der Waals surface area (Å²) in [5.41, 5.74) is 4.40. The van der Waals surface area contributed by atoms with E-state index in [-0.39, 0.29) is 18.4 Å². The number of hydrogen-bond donors (Lipinski definition) is 3. The SMILES string of the molecule is CCc1cccc(C)c1NCC(=O)Nc1cccc(C(=O)NCCCOC)c1. The van der Waals surface area contributed by atoms with Gasteiger partial charge < -0.3 is 20.7 Å². The van der Waals surface area contributed by atoms with Gasteiger partial charge in [-0.3, -0.25) is 9.59 Å². The Morgan fingerprint density at radius 3 is 2.64 bits per heavy atom. The van der Waals surface area contributed by atoms with E-state index in [1.54, 1.807) is 31.4 Å². The molecule has 2 rings (SSSR count). The predicted molar refractivity (Wildman–Crippen MR) is 113 cm³/mol. The van der Waals surface area contributed by atoms with E-state index < -0.39 is 0 Å². The van der Waals surface area contributed by atoms with E-state index in [0.717, 1.165) is 24.1 Å². The second kappa shape index (κ2) is 11.1. The third-order valence-electron chi connectivity index (χ3n) is 4.39. The Balaban J connectivity index is 1.91. The van der Waals surface area contributed by atoms with E-state index in [9.17, 15) is 9.59 Å². The molecule has 150 valence electrons. The van der Waals surface area contributed by atoms with E-state index in [2.05, 4.69) is 28.9 Å². The summed E-state index contributed by atoms with van der Waals surface area (Å²) >= 11 is 0. The number of carbonyl (C=O) groups is 2. The zero-order chi connectivity index (χ0) is 20.4. The summed E-state index contributed by atoms with van der Waals surface area (Å²) in [7, 11) is 1.63. The van der Waals surface area contributed by atoms with Crippen molar-refractivity contribution >= 4 is 23.2 Å². The molecule has 28 heavy (non-hydrogen) atoms. The van der Waals surface area contributed by atoms with E-state index in [0.29, 0.717) is 24.4 Å². The molecule has 0 aliphatic rings. The van der Waals surface area contributed by atoms with Crippen LogP contribution in [0.4, 0.5) is 11.4 Å². The summed E-state index contributed by atoms with van der Waals surface area (Å²) in [5, 5.41) is 8.90. The first-order valence-electron chi connectivity index (χ1n) is 9.54. The number of amides is 2. The Bertz CT molecular complexity index is 805. The second-order valence-electron chi connectivity index (χ2n) is 6.55. The molecule has 0 saturated heterocycles. The molecule has 6 heteroatoms. The molecule has 0 heterocycles. The average Bonchev–Trinajstić information content (AvgIpc) is 2.70. The third-order valence-corrected chi connectivity index (χ3v) is 4.39. The lowest BCUT2D eigenvalue weighted by molar-refractivity contribution is -0.114. The Labute approximate surface area is 166 Å². The number of aryl methyl sites for hydroxylation is 2. The lowest BCUT2D eigenvalue weighted by Gasteiger charge is -2.14. The highest BCUT2D eigenvalue weighted by Crippen LogP contribution is 2.20. The molecule has 0 spiro atoms. The van der Waals surface area contributed by atoms with Gasteiger partial charge in [0.15, 0.2) is 0 Å². The number of para-hydroxylation sites is 1. The van der Waals surface area contributed by atoms with Gasteiger partial charge in [0, 0.05) is 37.2 Å². The van der Waals surface area contributed by atoms with Crippen molar-refractivity contribution in [3.05, 3.63) is 59.2 Å². The quantitative estimate of drug-likeness (QED) is 0.550. The molecular weight excluding hydrogens is 354 g/mol. The Morgan fingerprint density at radius 2 is 1.89 bits per heavy atom. The molecule has 0 unspecified atom stereocenters. The molecule has 0 aromatic heterocycles. The van der Waals surface area contributed by atoms with Crippen LogP contribution in [0.5, 0.6) is 0 Å². The van der Waals surface area contributed by atoms with E-state index in [4.69, 9.17) is 4.74 Å². The van der Waals surface area contributed by atoms with Crippen LogP contribution in [0, 0.1) is 6.92 Å². The zero-order valence-corrected chi connectivity index (χ0v) is 16.8. The van der Waals surface area contributed by atoms with Gasteiger partial charge in [-0.15, -0.1) is 0 Å². The summed E-state index contributed by atoms with van der Waals surface area (Å²) in [6.07, 6.45) is 1.65. The topological polar surface area (TPSA) is 79.5 Å². The number of benzene rings is 2. The molecule has 2 aromatic rings. The molecule has 0 radical (unpaired) electrons. The fourth-order valence-electron chi connectivity index (χ4n) is 2.91. The maximum Gasteiger partial charge on any atom is 0.251 e. The summed E-state index contributed by atoms with van der Waals surface area (Å²) in [6, 6.07) is 13.0. The highest BCUT2D eigenvalue weighted by atomic mass is 16.5. The van der Waals surface area contributed by atoms with Gasteiger partial charge in [-0.25, -0.2) is 0 Å². The number of hydrogen-bond acceptors (Lipinski definition) is 4. The van der Waals surface area contributed by atoms with Crippen molar-refractivity contribution in [1.82, 2.24) is 5.32 Å². The van der Waals surface area contributed by atoms with Crippen molar-refractivity contribution in [3.8, 4) is 0 Å². The minimum atomic E-state index is -0.169. The minimum absolute atomic E-state index is 0.158. The smallest absolute Gasteiger partial charge is 0.251 e. The van der Waals surface area contributed by atoms with E-state index >= 15 is 0 Å². The van der Waals surface area contributed by atoms with Gasteiger partial charge in [0.05, 0.1) is 6.54 Å². The molecule has 2 aromatic carbocycles. The summed E-state index contributed by atoms with van der Waals surface area (Å²) in [5.74, 6) is -0.333. The first-order valence-corrected chi connectivity index (χ1v) is 9.54. The van der Waals surface area contributed by atoms with Gasteiger partial charge in [0.1, 0.15) is 0 Å². The zero-order valence-electron chi connectivity index (χ0n) is 16.8. The van der Waals surface area contributed by atoms with E-state index in [1.165, 1.54) is 5.56 Å². The van der Waals surface area contributed by atoms with Crippen LogP contribution in [0.3, 0.4) is 0 Å². The maximum absolute atomic E-state index is 12.3. The first kappa shape index (κ1) is 21.4. The minimum Gasteiger partial charge on any atom is -0.385 e. The number of ether oxygens (including phenoxy) is 1. The third kappa shape index (κ3) is 6.39. The summed E-state index contributed by atoms with van der Waals surface area (Å²) in [6.45, 7) is 5.42. The molecule has 0 bridgehead atoms. The maximum atomic E-state index is 12.3. The van der Waals surface area contributed by atoms with Crippen molar-refractivity contribution in [2.24, 2.45) is 0 Å². The van der Waals surface area contributed by atoms with Gasteiger partial charge in [-0.05, 0) is 49.1 Å². The van der Waals surface area contributed by atoms with Gasteiger partial charge in [0.25, 0.3) is 5.91 Å². The monoisotopic (exact) mass is 383 g/mol. The average molecular weight is 383 g/mol. The molecule has 0 atom stereocenters. The molecule has 0 aliphatic carbocycles. The highest BCUT2D eigenvalue weighted by molar-refractivity contribution is 5.98. The molecule has 0 aliphatic heterocycles. The Hall–Kier alpha value is -2.86. The molecule has 6 nitrogen and oxygen atoms in total. The Kier molecular flexibility index (Phi) is 8.49. The van der Waals surface area contributed by atoms with Gasteiger partial charge in [-0.2, -0.15) is 0 Å². The van der Waals surface area contributed by atoms with E-state index in [1.807, 2.05) is 19.1 Å². The molecule has 0 saturated carbocycles. The first-order chi connectivity index (χ1) is 13.5. The largest absolute Gasteiger partial charge is 0.385 e. The van der Waals surface area contributed by atoms with Crippen LogP contribution >= 0.6 is 0 Å². The highest BCUT2D eigenvalue weighted by Gasteiger charge is 2.09. The van der Waals surface area contributed by atoms with Gasteiger partial charge in [0.2, 0.25) is 5.91 Å². The van der Waals surface area contributed by atoms with Crippen LogP contribution in [0.1, 0.15) is 34.8 Å². The van der Waals surface area contributed by atoms with Crippen molar-refractivity contribution in [2.45, 2.75) is 26.7 Å². The lowest BCUT2D eigenvalue weighted by atomic mass is 10.1. The molecular formula is C22H29N3O3. The van der Waals surface area contributed by atoms with Crippen molar-refractivity contribution in [1.29, 1.82) is 0 Å². The van der Waals surface area contributed by atoms with Crippen LogP contribution in [-0.2, 0) is 16.0 Å². The normalized spacial score (nSPS) is 10.4. The van der Waals surface area contributed by atoms with Crippen molar-refractivity contribution < 1.29 is 14.3 Å². The van der Waals surface area contributed by atoms with Gasteiger partial charge >= 0.3 is 0 Å².